The highest BCUT2D eigenvalue weighted by molar-refractivity contribution is 7.11. The molecule has 0 radical (unpaired) electrons. The first-order chi connectivity index (χ1) is 10.7. The Morgan fingerprint density at radius 1 is 1.50 bits per heavy atom. The lowest BCUT2D eigenvalue weighted by Gasteiger charge is -2.32. The van der Waals surface area contributed by atoms with Crippen molar-refractivity contribution in [3.8, 4) is 0 Å². The van der Waals surface area contributed by atoms with Gasteiger partial charge in [-0.1, -0.05) is 0 Å². The van der Waals surface area contributed by atoms with Crippen molar-refractivity contribution in [1.82, 2.24) is 19.9 Å². The molecule has 3 heterocycles. The molecule has 2 aromatic heterocycles. The van der Waals surface area contributed by atoms with E-state index in [0.29, 0.717) is 30.4 Å². The number of thiazole rings is 1. The molecule has 8 heteroatoms. The number of nitrogens with zero attached hydrogens (tertiary/aromatic N) is 4. The molecular formula is C14H17N5O2S. The van der Waals surface area contributed by atoms with E-state index in [0.717, 1.165) is 11.5 Å². The predicted octanol–water partition coefficient (Wildman–Crippen LogP) is 1.50. The van der Waals surface area contributed by atoms with E-state index in [4.69, 9.17) is 4.74 Å². The molecule has 1 aliphatic heterocycles. The molecule has 1 saturated heterocycles. The van der Waals surface area contributed by atoms with Crippen molar-refractivity contribution in [2.45, 2.75) is 13.0 Å². The molecule has 0 bridgehead atoms. The second-order valence-electron chi connectivity index (χ2n) is 4.95. The summed E-state index contributed by atoms with van der Waals surface area (Å²) in [7, 11) is 1.81. The monoisotopic (exact) mass is 319 g/mol. The number of nitrogens with one attached hydrogen (secondary N) is 1. The standard InChI is InChI=1S/C14H17N5O2S/c1-9-17-10(5-13(15-2)18-9)11-7-19(3-4-21-11)14(20)12-6-16-8-22-12/h5-6,8,11H,3-4,7H2,1-2H3,(H,15,17,18)/t11-/m0/s1. The summed E-state index contributed by atoms with van der Waals surface area (Å²) in [6.45, 7) is 3.40. The number of hydrogen-bond donors (Lipinski definition) is 1. The topological polar surface area (TPSA) is 80.2 Å². The van der Waals surface area contributed by atoms with Gasteiger partial charge in [-0.15, -0.1) is 11.3 Å². The van der Waals surface area contributed by atoms with E-state index in [2.05, 4.69) is 20.3 Å². The number of carbonyl (C=O) groups is 1. The summed E-state index contributed by atoms with van der Waals surface area (Å²) >= 11 is 1.35. The van der Waals surface area contributed by atoms with Crippen molar-refractivity contribution in [2.75, 3.05) is 32.1 Å². The summed E-state index contributed by atoms with van der Waals surface area (Å²) in [4.78, 5) is 27.5. The van der Waals surface area contributed by atoms with E-state index in [1.165, 1.54) is 11.3 Å². The van der Waals surface area contributed by atoms with Crippen molar-refractivity contribution in [3.05, 3.63) is 34.2 Å². The van der Waals surface area contributed by atoms with Crippen LogP contribution in [0, 0.1) is 6.92 Å². The van der Waals surface area contributed by atoms with E-state index >= 15 is 0 Å². The van der Waals surface area contributed by atoms with Gasteiger partial charge in [0.05, 0.1) is 30.6 Å². The summed E-state index contributed by atoms with van der Waals surface area (Å²) in [5.74, 6) is 1.42. The molecule has 1 amide bonds. The van der Waals surface area contributed by atoms with Gasteiger partial charge < -0.3 is 15.0 Å². The molecule has 3 rings (SSSR count). The zero-order valence-electron chi connectivity index (χ0n) is 12.4. The number of rotatable bonds is 3. The molecule has 1 fully saturated rings. The van der Waals surface area contributed by atoms with Gasteiger partial charge in [-0.3, -0.25) is 9.78 Å². The Hall–Kier alpha value is -2.06. The lowest BCUT2D eigenvalue weighted by atomic mass is 10.2. The highest BCUT2D eigenvalue weighted by Gasteiger charge is 2.28. The number of aryl methyl sites for hydroxylation is 1. The van der Waals surface area contributed by atoms with E-state index in [9.17, 15) is 4.79 Å². The number of anilines is 1. The maximum absolute atomic E-state index is 12.4. The largest absolute Gasteiger partial charge is 0.373 e. The van der Waals surface area contributed by atoms with Gasteiger partial charge in [0.15, 0.2) is 0 Å². The number of hydrogen-bond acceptors (Lipinski definition) is 7. The zero-order chi connectivity index (χ0) is 15.5. The molecule has 0 saturated carbocycles. The lowest BCUT2D eigenvalue weighted by molar-refractivity contribution is -0.0246. The first kappa shape index (κ1) is 14.9. The van der Waals surface area contributed by atoms with Gasteiger partial charge >= 0.3 is 0 Å². The minimum atomic E-state index is -0.237. The Balaban J connectivity index is 1.78. The van der Waals surface area contributed by atoms with E-state index in [1.54, 1.807) is 16.6 Å². The van der Waals surface area contributed by atoms with Crippen molar-refractivity contribution in [2.24, 2.45) is 0 Å². The zero-order valence-corrected chi connectivity index (χ0v) is 13.3. The molecule has 0 aliphatic carbocycles. The fourth-order valence-electron chi connectivity index (χ4n) is 2.37. The van der Waals surface area contributed by atoms with Gasteiger partial charge in [0.25, 0.3) is 5.91 Å². The summed E-state index contributed by atoms with van der Waals surface area (Å²) in [5, 5.41) is 3.01. The van der Waals surface area contributed by atoms with Crippen LogP contribution in [0.1, 0.15) is 27.3 Å². The van der Waals surface area contributed by atoms with Gasteiger partial charge in [0, 0.05) is 19.7 Å². The summed E-state index contributed by atoms with van der Waals surface area (Å²) in [6.07, 6.45) is 1.37. The second-order valence-corrected chi connectivity index (χ2v) is 5.84. The summed E-state index contributed by atoms with van der Waals surface area (Å²) in [5.41, 5.74) is 2.46. The Bertz CT molecular complexity index is 661. The Morgan fingerprint density at radius 3 is 3.09 bits per heavy atom. The van der Waals surface area contributed by atoms with E-state index in [-0.39, 0.29) is 12.0 Å². The lowest BCUT2D eigenvalue weighted by Crippen LogP contribution is -2.42. The average Bonchev–Trinajstić information content (AvgIpc) is 3.08. The van der Waals surface area contributed by atoms with Gasteiger partial charge in [-0.2, -0.15) is 0 Å². The average molecular weight is 319 g/mol. The van der Waals surface area contributed by atoms with Crippen LogP contribution in [-0.4, -0.2) is 52.5 Å². The van der Waals surface area contributed by atoms with Crippen molar-refractivity contribution in [1.29, 1.82) is 0 Å². The first-order valence-corrected chi connectivity index (χ1v) is 7.88. The SMILES string of the molecule is CNc1cc([C@@H]2CN(C(=O)c3cncs3)CCO2)nc(C)n1. The second kappa shape index (κ2) is 6.37. The number of aromatic nitrogens is 3. The van der Waals surface area contributed by atoms with Crippen molar-refractivity contribution < 1.29 is 9.53 Å². The molecule has 2 aromatic rings. The third-order valence-electron chi connectivity index (χ3n) is 3.44. The molecule has 1 aliphatic rings. The number of amides is 1. The van der Waals surface area contributed by atoms with Crippen LogP contribution in [-0.2, 0) is 4.74 Å². The molecule has 1 N–H and O–H groups in total. The highest BCUT2D eigenvalue weighted by Crippen LogP contribution is 2.24. The smallest absolute Gasteiger partial charge is 0.265 e. The first-order valence-electron chi connectivity index (χ1n) is 7.00. The van der Waals surface area contributed by atoms with Crippen LogP contribution in [0.15, 0.2) is 17.8 Å². The van der Waals surface area contributed by atoms with Gasteiger partial charge in [0.2, 0.25) is 0 Å². The maximum Gasteiger partial charge on any atom is 0.265 e. The third-order valence-corrected chi connectivity index (χ3v) is 4.20. The Labute approximate surface area is 132 Å². The van der Waals surface area contributed by atoms with Crippen LogP contribution in [0.5, 0.6) is 0 Å². The fraction of sp³-hybridized carbons (Fsp3) is 0.429. The van der Waals surface area contributed by atoms with Crippen LogP contribution in [0.25, 0.3) is 0 Å². The van der Waals surface area contributed by atoms with E-state index in [1.807, 2.05) is 20.0 Å². The van der Waals surface area contributed by atoms with Crippen LogP contribution < -0.4 is 5.32 Å². The number of morpholine rings is 1. The molecule has 0 spiro atoms. The molecule has 22 heavy (non-hydrogen) atoms. The summed E-state index contributed by atoms with van der Waals surface area (Å²) in [6, 6.07) is 1.86. The minimum Gasteiger partial charge on any atom is -0.373 e. The minimum absolute atomic E-state index is 0.00424. The van der Waals surface area contributed by atoms with Gasteiger partial charge in [0.1, 0.15) is 22.6 Å². The molecular weight excluding hydrogens is 302 g/mol. The quantitative estimate of drug-likeness (QED) is 0.923. The molecule has 0 unspecified atom stereocenters. The highest BCUT2D eigenvalue weighted by atomic mass is 32.1. The third kappa shape index (κ3) is 3.07. The van der Waals surface area contributed by atoms with Gasteiger partial charge in [-0.25, -0.2) is 9.97 Å². The van der Waals surface area contributed by atoms with Crippen LogP contribution >= 0.6 is 11.3 Å². The summed E-state index contributed by atoms with van der Waals surface area (Å²) < 4.78 is 5.79. The van der Waals surface area contributed by atoms with Crippen LogP contribution in [0.3, 0.4) is 0 Å². The Morgan fingerprint density at radius 2 is 2.36 bits per heavy atom. The van der Waals surface area contributed by atoms with Crippen molar-refractivity contribution in [3.63, 3.8) is 0 Å². The normalized spacial score (nSPS) is 18.3. The van der Waals surface area contributed by atoms with Gasteiger partial charge in [-0.05, 0) is 6.92 Å². The number of carbonyl (C=O) groups excluding carboxylic acids is 1. The Kier molecular flexibility index (Phi) is 4.30. The van der Waals surface area contributed by atoms with Crippen molar-refractivity contribution >= 4 is 23.1 Å². The molecule has 116 valence electrons. The molecule has 1 atom stereocenters. The molecule has 0 aromatic carbocycles. The van der Waals surface area contributed by atoms with E-state index < -0.39 is 0 Å². The van der Waals surface area contributed by atoms with Crippen LogP contribution in [0.4, 0.5) is 5.82 Å². The maximum atomic E-state index is 12.4. The predicted molar refractivity (Wildman–Crippen MR) is 83.0 cm³/mol. The molecule has 7 nitrogen and oxygen atoms in total. The number of ether oxygens (including phenoxy) is 1. The van der Waals surface area contributed by atoms with Crippen LogP contribution in [0.2, 0.25) is 0 Å². The fourth-order valence-corrected chi connectivity index (χ4v) is 2.96.